The third kappa shape index (κ3) is 4.96. The molecule has 0 saturated heterocycles. The predicted octanol–water partition coefficient (Wildman–Crippen LogP) is 12.9. The highest BCUT2D eigenvalue weighted by Crippen LogP contribution is 2.62. The number of hydrogen-bond acceptors (Lipinski definition) is 2. The van der Waals surface area contributed by atoms with E-state index in [1.807, 2.05) is 11.8 Å². The number of hydrogen-bond donors (Lipinski definition) is 0. The standard InChI is InChI=1S/C48H41NS/c1-31(33-24-27-36(28-25-33)47(3,4)5)32(2)45(34-16-8-7-9-17-34)46(49-6)35-26-29-38-37-18-10-11-19-39(37)48(42(38)30-35)40-20-12-14-22-43(40)50-44-23-15-13-21-41(44)48/h7-30H,6H2,1-5H3/b32-31+,46-45+. The van der Waals surface area contributed by atoms with Crippen molar-refractivity contribution in [3.63, 3.8) is 0 Å². The minimum atomic E-state index is -0.449. The Bertz CT molecular complexity index is 2300. The van der Waals surface area contributed by atoms with Crippen molar-refractivity contribution in [3.05, 3.63) is 196 Å². The molecule has 1 spiro atoms. The predicted molar refractivity (Wildman–Crippen MR) is 214 cm³/mol. The van der Waals surface area contributed by atoms with Crippen LogP contribution in [0.4, 0.5) is 0 Å². The van der Waals surface area contributed by atoms with E-state index in [9.17, 15) is 0 Å². The zero-order valence-electron chi connectivity index (χ0n) is 29.4. The van der Waals surface area contributed by atoms with Crippen LogP contribution < -0.4 is 0 Å². The highest BCUT2D eigenvalue weighted by atomic mass is 32.2. The van der Waals surface area contributed by atoms with Crippen molar-refractivity contribution in [1.82, 2.24) is 0 Å². The summed E-state index contributed by atoms with van der Waals surface area (Å²) in [6, 6.07) is 53.6. The van der Waals surface area contributed by atoms with E-state index in [0.717, 1.165) is 22.4 Å². The summed E-state index contributed by atoms with van der Waals surface area (Å²) in [6.45, 7) is 15.5. The number of benzene rings is 6. The largest absolute Gasteiger partial charge is 0.263 e. The molecular weight excluding hydrogens is 623 g/mol. The van der Waals surface area contributed by atoms with Gasteiger partial charge in [-0.25, -0.2) is 0 Å². The van der Waals surface area contributed by atoms with E-state index < -0.39 is 5.41 Å². The maximum Gasteiger partial charge on any atom is 0.0775 e. The fourth-order valence-electron chi connectivity index (χ4n) is 8.08. The van der Waals surface area contributed by atoms with Crippen LogP contribution in [0.1, 0.15) is 79.1 Å². The van der Waals surface area contributed by atoms with Crippen LogP contribution in [0, 0.1) is 0 Å². The Morgan fingerprint density at radius 1 is 0.560 bits per heavy atom. The maximum absolute atomic E-state index is 4.87. The van der Waals surface area contributed by atoms with Gasteiger partial charge in [0, 0.05) is 20.9 Å². The van der Waals surface area contributed by atoms with Gasteiger partial charge in [0.1, 0.15) is 0 Å². The van der Waals surface area contributed by atoms with Crippen LogP contribution in [0.3, 0.4) is 0 Å². The fourth-order valence-corrected chi connectivity index (χ4v) is 9.27. The van der Waals surface area contributed by atoms with Crippen LogP contribution in [0.15, 0.2) is 166 Å². The van der Waals surface area contributed by atoms with Crippen molar-refractivity contribution in [2.45, 2.75) is 55.2 Å². The summed E-state index contributed by atoms with van der Waals surface area (Å²) in [5.74, 6) is 0. The molecule has 6 aromatic rings. The summed E-state index contributed by atoms with van der Waals surface area (Å²) in [4.78, 5) is 7.47. The van der Waals surface area contributed by atoms with E-state index in [2.05, 4.69) is 187 Å². The molecule has 0 saturated carbocycles. The molecule has 0 unspecified atom stereocenters. The third-order valence-corrected chi connectivity index (χ3v) is 11.9. The Balaban J connectivity index is 1.40. The summed E-state index contributed by atoms with van der Waals surface area (Å²) in [5.41, 5.74) is 16.6. The molecule has 0 aromatic heterocycles. The molecule has 1 aliphatic heterocycles. The van der Waals surface area contributed by atoms with Gasteiger partial charge >= 0.3 is 0 Å². The normalized spacial score (nSPS) is 14.9. The van der Waals surface area contributed by atoms with Gasteiger partial charge in [-0.15, -0.1) is 0 Å². The minimum absolute atomic E-state index is 0.100. The lowest BCUT2D eigenvalue weighted by atomic mass is 9.67. The van der Waals surface area contributed by atoms with Crippen LogP contribution in [0.2, 0.25) is 0 Å². The van der Waals surface area contributed by atoms with Gasteiger partial charge in [0.25, 0.3) is 0 Å². The first kappa shape index (κ1) is 32.0. The van der Waals surface area contributed by atoms with Crippen LogP contribution >= 0.6 is 11.8 Å². The Labute approximate surface area is 301 Å². The van der Waals surface area contributed by atoms with Crippen LogP contribution in [-0.4, -0.2) is 6.72 Å². The molecule has 0 radical (unpaired) electrons. The third-order valence-electron chi connectivity index (χ3n) is 10.7. The average Bonchev–Trinajstić information content (AvgIpc) is 3.43. The number of rotatable bonds is 5. The van der Waals surface area contributed by atoms with E-state index in [-0.39, 0.29) is 5.41 Å². The molecule has 1 aliphatic carbocycles. The highest BCUT2D eigenvalue weighted by Gasteiger charge is 2.50. The highest BCUT2D eigenvalue weighted by molar-refractivity contribution is 7.99. The number of allylic oxidation sites excluding steroid dienone is 3. The molecule has 244 valence electrons. The molecular formula is C48H41NS. The summed E-state index contributed by atoms with van der Waals surface area (Å²) >= 11 is 1.87. The Morgan fingerprint density at radius 3 is 1.72 bits per heavy atom. The average molecular weight is 664 g/mol. The Hall–Kier alpha value is -5.18. The molecule has 0 bridgehead atoms. The summed E-state index contributed by atoms with van der Waals surface area (Å²) in [7, 11) is 0. The first-order valence-corrected chi connectivity index (χ1v) is 18.2. The topological polar surface area (TPSA) is 12.4 Å². The summed E-state index contributed by atoms with van der Waals surface area (Å²) in [5, 5.41) is 0. The van der Waals surface area contributed by atoms with Gasteiger partial charge in [-0.3, -0.25) is 4.99 Å². The molecule has 6 aromatic carbocycles. The van der Waals surface area contributed by atoms with E-state index in [0.29, 0.717) is 0 Å². The number of nitrogens with zero attached hydrogens (tertiary/aromatic N) is 1. The van der Waals surface area contributed by atoms with Crippen LogP contribution in [0.5, 0.6) is 0 Å². The second-order valence-electron chi connectivity index (χ2n) is 14.5. The van der Waals surface area contributed by atoms with Gasteiger partial charge < -0.3 is 0 Å². The van der Waals surface area contributed by atoms with Gasteiger partial charge in [0.15, 0.2) is 0 Å². The SMILES string of the molecule is C=N/C(=C(\C(C)=C(/C)c1ccc(C(C)(C)C)cc1)c1ccccc1)c1ccc2c(c1)C1(c3ccccc3Sc3ccccc31)c1ccccc1-2. The lowest BCUT2D eigenvalue weighted by molar-refractivity contribution is 0.590. The minimum Gasteiger partial charge on any atom is -0.263 e. The molecule has 2 aliphatic rings. The maximum atomic E-state index is 4.87. The molecule has 1 heterocycles. The van der Waals surface area contributed by atoms with Gasteiger partial charge in [0.2, 0.25) is 0 Å². The van der Waals surface area contributed by atoms with Crippen molar-refractivity contribution in [3.8, 4) is 11.1 Å². The lowest BCUT2D eigenvalue weighted by Crippen LogP contribution is -2.32. The first-order chi connectivity index (χ1) is 24.2. The van der Waals surface area contributed by atoms with Crippen LogP contribution in [-0.2, 0) is 10.8 Å². The zero-order chi connectivity index (χ0) is 34.6. The second-order valence-corrected chi connectivity index (χ2v) is 15.6. The summed E-state index contributed by atoms with van der Waals surface area (Å²) in [6.07, 6.45) is 0. The van der Waals surface area contributed by atoms with Crippen molar-refractivity contribution in [2.75, 3.05) is 0 Å². The first-order valence-electron chi connectivity index (χ1n) is 17.4. The quantitative estimate of drug-likeness (QED) is 0.101. The van der Waals surface area contributed by atoms with Crippen molar-refractivity contribution < 1.29 is 0 Å². The van der Waals surface area contributed by atoms with Crippen molar-refractivity contribution >= 4 is 35.3 Å². The van der Waals surface area contributed by atoms with Gasteiger partial charge in [-0.05, 0) is 105 Å². The molecule has 0 amide bonds. The van der Waals surface area contributed by atoms with Crippen molar-refractivity contribution in [2.24, 2.45) is 4.99 Å². The molecule has 0 atom stereocenters. The lowest BCUT2D eigenvalue weighted by Gasteiger charge is -2.39. The molecule has 8 rings (SSSR count). The van der Waals surface area contributed by atoms with Gasteiger partial charge in [-0.1, -0.05) is 160 Å². The Morgan fingerprint density at radius 2 is 1.10 bits per heavy atom. The fraction of sp³-hybridized carbons (Fsp3) is 0.146. The van der Waals surface area contributed by atoms with Gasteiger partial charge in [0.05, 0.1) is 11.1 Å². The number of fused-ring (bicyclic) bond motifs is 9. The van der Waals surface area contributed by atoms with Crippen LogP contribution in [0.25, 0.3) is 28.0 Å². The second kappa shape index (κ2) is 12.3. The molecule has 50 heavy (non-hydrogen) atoms. The van der Waals surface area contributed by atoms with E-state index in [1.54, 1.807) is 0 Å². The van der Waals surface area contributed by atoms with E-state index in [4.69, 9.17) is 4.99 Å². The van der Waals surface area contributed by atoms with E-state index in [1.165, 1.54) is 65.4 Å². The molecule has 0 fully saturated rings. The van der Waals surface area contributed by atoms with Crippen molar-refractivity contribution in [1.29, 1.82) is 0 Å². The number of aliphatic imine (C=N–C) groups is 1. The molecule has 0 N–H and O–H groups in total. The monoisotopic (exact) mass is 663 g/mol. The van der Waals surface area contributed by atoms with E-state index >= 15 is 0 Å². The zero-order valence-corrected chi connectivity index (χ0v) is 30.2. The van der Waals surface area contributed by atoms with Gasteiger partial charge in [-0.2, -0.15) is 0 Å². The summed E-state index contributed by atoms with van der Waals surface area (Å²) < 4.78 is 0. The molecule has 2 heteroatoms. The Kier molecular flexibility index (Phi) is 7.88. The smallest absolute Gasteiger partial charge is 0.0775 e. The molecule has 1 nitrogen and oxygen atoms in total.